The Balaban J connectivity index is 1.47. The highest BCUT2D eigenvalue weighted by atomic mass is 16.5. The van der Waals surface area contributed by atoms with E-state index in [0.717, 1.165) is 33.8 Å². The maximum Gasteiger partial charge on any atom is 0.127 e. The van der Waals surface area contributed by atoms with Gasteiger partial charge in [0, 0.05) is 0 Å². The van der Waals surface area contributed by atoms with Gasteiger partial charge in [0.1, 0.15) is 23.0 Å². The molecule has 0 aliphatic carbocycles. The molecule has 0 bridgehead atoms. The second kappa shape index (κ2) is 7.26. The van der Waals surface area contributed by atoms with Gasteiger partial charge in [0.25, 0.3) is 0 Å². The van der Waals surface area contributed by atoms with Gasteiger partial charge in [-0.05, 0) is 70.8 Å². The van der Waals surface area contributed by atoms with Crippen molar-refractivity contribution in [1.29, 1.82) is 0 Å². The first-order valence-corrected chi connectivity index (χ1v) is 8.64. The number of phenols is 2. The Morgan fingerprint density at radius 2 is 0.630 bits per heavy atom. The van der Waals surface area contributed by atoms with Crippen LogP contribution in [-0.2, 0) is 0 Å². The smallest absolute Gasteiger partial charge is 0.127 e. The number of rotatable bonds is 4. The van der Waals surface area contributed by atoms with E-state index in [1.165, 1.54) is 0 Å². The lowest BCUT2D eigenvalue weighted by Gasteiger charge is -2.08. The van der Waals surface area contributed by atoms with E-state index in [2.05, 4.69) is 0 Å². The zero-order chi connectivity index (χ0) is 18.6. The zero-order valence-corrected chi connectivity index (χ0v) is 14.5. The minimum Gasteiger partial charge on any atom is -0.508 e. The highest BCUT2D eigenvalue weighted by Crippen LogP contribution is 2.29. The van der Waals surface area contributed by atoms with Gasteiger partial charge in [-0.1, -0.05) is 48.5 Å². The zero-order valence-electron chi connectivity index (χ0n) is 14.5. The molecule has 0 atom stereocenters. The van der Waals surface area contributed by atoms with Gasteiger partial charge in [-0.25, -0.2) is 0 Å². The van der Waals surface area contributed by atoms with Crippen LogP contribution in [0.1, 0.15) is 0 Å². The lowest BCUT2D eigenvalue weighted by atomic mass is 10.1. The van der Waals surface area contributed by atoms with E-state index >= 15 is 0 Å². The summed E-state index contributed by atoms with van der Waals surface area (Å²) in [5, 5.41) is 18.8. The molecule has 0 saturated carbocycles. The molecule has 0 aromatic heterocycles. The third-order valence-corrected chi connectivity index (χ3v) is 4.35. The van der Waals surface area contributed by atoms with E-state index in [1.54, 1.807) is 24.3 Å². The summed E-state index contributed by atoms with van der Waals surface area (Å²) >= 11 is 0. The average molecular weight is 354 g/mol. The van der Waals surface area contributed by atoms with Crippen molar-refractivity contribution in [2.24, 2.45) is 0 Å². The molecule has 0 fully saturated rings. The summed E-state index contributed by atoms with van der Waals surface area (Å²) in [5.41, 5.74) is 4.20. The molecule has 0 aliphatic rings. The van der Waals surface area contributed by atoms with Crippen LogP contribution in [0.4, 0.5) is 0 Å². The van der Waals surface area contributed by atoms with Crippen LogP contribution in [0.5, 0.6) is 23.0 Å². The van der Waals surface area contributed by atoms with E-state index in [1.807, 2.05) is 72.8 Å². The van der Waals surface area contributed by atoms with Crippen LogP contribution in [0.3, 0.4) is 0 Å². The second-order valence-electron chi connectivity index (χ2n) is 6.24. The molecule has 0 saturated heterocycles. The number of hydrogen-bond acceptors (Lipinski definition) is 3. The lowest BCUT2D eigenvalue weighted by Crippen LogP contribution is -1.85. The largest absolute Gasteiger partial charge is 0.508 e. The van der Waals surface area contributed by atoms with Crippen LogP contribution in [-0.4, -0.2) is 10.2 Å². The van der Waals surface area contributed by atoms with Crippen molar-refractivity contribution < 1.29 is 14.9 Å². The molecule has 4 aromatic rings. The molecule has 0 aliphatic heterocycles. The first-order chi connectivity index (χ1) is 13.2. The molecule has 0 spiro atoms. The van der Waals surface area contributed by atoms with Crippen molar-refractivity contribution in [3.8, 4) is 45.3 Å². The van der Waals surface area contributed by atoms with Crippen LogP contribution >= 0.6 is 0 Å². The quantitative estimate of drug-likeness (QED) is 0.457. The minimum atomic E-state index is 0.259. The van der Waals surface area contributed by atoms with Crippen molar-refractivity contribution in [2.45, 2.75) is 0 Å². The highest BCUT2D eigenvalue weighted by molar-refractivity contribution is 5.66. The van der Waals surface area contributed by atoms with Crippen LogP contribution < -0.4 is 4.74 Å². The normalized spacial score (nSPS) is 10.5. The van der Waals surface area contributed by atoms with Crippen LogP contribution in [0.15, 0.2) is 97.1 Å². The Kier molecular flexibility index (Phi) is 4.50. The maximum absolute atomic E-state index is 9.39. The average Bonchev–Trinajstić information content (AvgIpc) is 2.71. The fraction of sp³-hybridized carbons (Fsp3) is 0. The molecule has 27 heavy (non-hydrogen) atoms. The number of aromatic hydroxyl groups is 2. The fourth-order valence-corrected chi connectivity index (χ4v) is 2.87. The van der Waals surface area contributed by atoms with E-state index in [0.29, 0.717) is 0 Å². The Bertz CT molecular complexity index is 930. The summed E-state index contributed by atoms with van der Waals surface area (Å²) in [6.07, 6.45) is 0. The summed E-state index contributed by atoms with van der Waals surface area (Å²) < 4.78 is 5.92. The van der Waals surface area contributed by atoms with Crippen molar-refractivity contribution >= 4 is 0 Å². The van der Waals surface area contributed by atoms with Gasteiger partial charge >= 0.3 is 0 Å². The van der Waals surface area contributed by atoms with Crippen molar-refractivity contribution in [1.82, 2.24) is 0 Å². The number of phenolic OH excluding ortho intramolecular Hbond substituents is 2. The molecular weight excluding hydrogens is 336 g/mol. The Hall–Kier alpha value is -3.72. The monoisotopic (exact) mass is 354 g/mol. The molecule has 4 rings (SSSR count). The molecular formula is C24H18O3. The van der Waals surface area contributed by atoms with Gasteiger partial charge in [-0.2, -0.15) is 0 Å². The van der Waals surface area contributed by atoms with Gasteiger partial charge in [0.2, 0.25) is 0 Å². The fourth-order valence-electron chi connectivity index (χ4n) is 2.87. The third-order valence-electron chi connectivity index (χ3n) is 4.35. The summed E-state index contributed by atoms with van der Waals surface area (Å²) in [5.74, 6) is 2.04. The molecule has 4 aromatic carbocycles. The van der Waals surface area contributed by atoms with Gasteiger partial charge in [0.15, 0.2) is 0 Å². The van der Waals surface area contributed by atoms with Crippen LogP contribution in [0.25, 0.3) is 22.3 Å². The van der Waals surface area contributed by atoms with E-state index in [4.69, 9.17) is 4.74 Å². The van der Waals surface area contributed by atoms with Gasteiger partial charge in [-0.15, -0.1) is 0 Å². The standard InChI is InChI=1S/C24H18O3/c25-21-9-1-17(2-10-21)19-5-13-23(14-6-19)27-24-15-7-20(8-16-24)18-3-11-22(26)12-4-18/h1-16,25-26H. The Morgan fingerprint density at radius 1 is 0.370 bits per heavy atom. The van der Waals surface area contributed by atoms with Gasteiger partial charge in [0.05, 0.1) is 0 Å². The molecule has 2 N–H and O–H groups in total. The van der Waals surface area contributed by atoms with Crippen molar-refractivity contribution in [2.75, 3.05) is 0 Å². The third kappa shape index (κ3) is 3.93. The lowest BCUT2D eigenvalue weighted by molar-refractivity contribution is 0.475. The predicted molar refractivity (Wildman–Crippen MR) is 107 cm³/mol. The van der Waals surface area contributed by atoms with E-state index < -0.39 is 0 Å². The minimum absolute atomic E-state index is 0.259. The SMILES string of the molecule is Oc1ccc(-c2ccc(Oc3ccc(-c4ccc(O)cc4)cc3)cc2)cc1. The molecule has 0 unspecified atom stereocenters. The molecule has 132 valence electrons. The molecule has 3 heteroatoms. The number of benzene rings is 4. The van der Waals surface area contributed by atoms with Crippen LogP contribution in [0, 0.1) is 0 Å². The van der Waals surface area contributed by atoms with Gasteiger partial charge in [-0.3, -0.25) is 0 Å². The second-order valence-corrected chi connectivity index (χ2v) is 6.24. The summed E-state index contributed by atoms with van der Waals surface area (Å²) in [6.45, 7) is 0. The molecule has 3 nitrogen and oxygen atoms in total. The first-order valence-electron chi connectivity index (χ1n) is 8.64. The highest BCUT2D eigenvalue weighted by Gasteiger charge is 2.02. The summed E-state index contributed by atoms with van der Waals surface area (Å²) in [7, 11) is 0. The molecule has 0 amide bonds. The maximum atomic E-state index is 9.39. The molecule has 0 heterocycles. The number of ether oxygens (including phenoxy) is 1. The summed E-state index contributed by atoms with van der Waals surface area (Å²) in [4.78, 5) is 0. The van der Waals surface area contributed by atoms with Gasteiger partial charge < -0.3 is 14.9 Å². The Morgan fingerprint density at radius 3 is 0.926 bits per heavy atom. The first kappa shape index (κ1) is 16.7. The molecule has 0 radical (unpaired) electrons. The topological polar surface area (TPSA) is 49.7 Å². The van der Waals surface area contributed by atoms with Crippen molar-refractivity contribution in [3.63, 3.8) is 0 Å². The van der Waals surface area contributed by atoms with Crippen LogP contribution in [0.2, 0.25) is 0 Å². The Labute approximate surface area is 157 Å². The van der Waals surface area contributed by atoms with E-state index in [-0.39, 0.29) is 11.5 Å². The summed E-state index contributed by atoms with van der Waals surface area (Å²) in [6, 6.07) is 29.9. The van der Waals surface area contributed by atoms with E-state index in [9.17, 15) is 10.2 Å². The van der Waals surface area contributed by atoms with Crippen molar-refractivity contribution in [3.05, 3.63) is 97.1 Å². The predicted octanol–water partition coefficient (Wildman–Crippen LogP) is 6.22. The number of hydrogen-bond donors (Lipinski definition) is 2.